The normalized spacial score (nSPS) is 15.7. The van der Waals surface area contributed by atoms with Crippen molar-refractivity contribution in [3.63, 3.8) is 0 Å². The second-order valence-electron chi connectivity index (χ2n) is 12.7. The van der Waals surface area contributed by atoms with Crippen LogP contribution in [0, 0.1) is 12.7 Å². The topological polar surface area (TPSA) is 97.9 Å². The maximum Gasteiger partial charge on any atom is 0.290 e. The van der Waals surface area contributed by atoms with Gasteiger partial charge in [0.25, 0.3) is 11.1 Å². The molecule has 1 aliphatic heterocycles. The van der Waals surface area contributed by atoms with Crippen molar-refractivity contribution in [2.75, 3.05) is 25.5 Å². The van der Waals surface area contributed by atoms with Crippen molar-refractivity contribution in [3.05, 3.63) is 104 Å². The van der Waals surface area contributed by atoms with Crippen LogP contribution in [-0.2, 0) is 12.5 Å². The number of likely N-dealkylation sites (N-methyl/N-ethyl adjacent to an activating group) is 1. The number of likely N-dealkylation sites (tertiary alicyclic amines) is 1. The van der Waals surface area contributed by atoms with Crippen molar-refractivity contribution in [3.8, 4) is 16.9 Å². The zero-order valence-electron chi connectivity index (χ0n) is 25.8. The van der Waals surface area contributed by atoms with E-state index in [2.05, 4.69) is 38.5 Å². The van der Waals surface area contributed by atoms with Crippen LogP contribution in [-0.4, -0.2) is 49.6 Å². The Hall–Kier alpha value is -4.70. The summed E-state index contributed by atoms with van der Waals surface area (Å²) in [5.74, 6) is 0.442. The standard InChI is InChI=1S/C34H36FN7O2/c1-20-25(8-7-9-29(20)42-33(44)31-23(18-37-42)14-24(15-26(31)35)34(2,3)4)27-16-28(32(43)41(6)39-27)38-30-11-10-21(17-36-30)22-12-13-40(5)19-22/h7-11,14-18,22H,12-13,19H2,1-6H3,(H,36,38). The maximum atomic E-state index is 15.3. The number of benzene rings is 2. The summed E-state index contributed by atoms with van der Waals surface area (Å²) in [6, 6.07) is 14.3. The average molecular weight is 594 g/mol. The van der Waals surface area contributed by atoms with Crippen LogP contribution in [0.5, 0.6) is 0 Å². The Morgan fingerprint density at radius 1 is 1.00 bits per heavy atom. The number of anilines is 2. The SMILES string of the molecule is Cc1c(-c2cc(Nc3ccc(C4CCN(C)C4)cn3)c(=O)n(C)n2)cccc1-n1ncc2cc(C(C)(C)C)cc(F)c2c1=O. The first-order chi connectivity index (χ1) is 20.9. The lowest BCUT2D eigenvalue weighted by Gasteiger charge is -2.20. The number of pyridine rings is 1. The number of nitrogens with zero attached hydrogens (tertiary/aromatic N) is 6. The Kier molecular flexibility index (Phi) is 7.41. The van der Waals surface area contributed by atoms with Gasteiger partial charge in [-0.3, -0.25) is 9.59 Å². The van der Waals surface area contributed by atoms with Gasteiger partial charge in [0.15, 0.2) is 0 Å². The van der Waals surface area contributed by atoms with Crippen LogP contribution in [0.15, 0.2) is 70.5 Å². The number of aryl methyl sites for hydroxylation is 1. The van der Waals surface area contributed by atoms with E-state index >= 15 is 4.39 Å². The lowest BCUT2D eigenvalue weighted by Crippen LogP contribution is -2.24. The van der Waals surface area contributed by atoms with E-state index in [1.54, 1.807) is 25.2 Å². The maximum absolute atomic E-state index is 15.3. The predicted molar refractivity (Wildman–Crippen MR) is 172 cm³/mol. The lowest BCUT2D eigenvalue weighted by molar-refractivity contribution is 0.411. The molecule has 1 unspecified atom stereocenters. The van der Waals surface area contributed by atoms with Gasteiger partial charge in [0.1, 0.15) is 17.3 Å². The number of rotatable bonds is 5. The fourth-order valence-electron chi connectivity index (χ4n) is 5.86. The number of aromatic nitrogens is 5. The van der Waals surface area contributed by atoms with Gasteiger partial charge in [-0.15, -0.1) is 0 Å². The third kappa shape index (κ3) is 5.41. The first-order valence-electron chi connectivity index (χ1n) is 14.7. The molecule has 1 fully saturated rings. The molecule has 2 aromatic carbocycles. The summed E-state index contributed by atoms with van der Waals surface area (Å²) in [6.45, 7) is 9.91. The fourth-order valence-corrected chi connectivity index (χ4v) is 5.86. The monoisotopic (exact) mass is 593 g/mol. The molecule has 6 rings (SSSR count). The fraction of sp³-hybridized carbons (Fsp3) is 0.324. The molecule has 0 radical (unpaired) electrons. The van der Waals surface area contributed by atoms with E-state index in [-0.39, 0.29) is 16.4 Å². The summed E-state index contributed by atoms with van der Waals surface area (Å²) < 4.78 is 17.8. The third-order valence-electron chi connectivity index (χ3n) is 8.49. The Labute approximate surface area is 255 Å². The van der Waals surface area contributed by atoms with E-state index < -0.39 is 11.4 Å². The molecular weight excluding hydrogens is 557 g/mol. The van der Waals surface area contributed by atoms with E-state index in [9.17, 15) is 9.59 Å². The molecule has 1 aliphatic rings. The molecule has 1 saturated heterocycles. The van der Waals surface area contributed by atoms with Gasteiger partial charge in [0.2, 0.25) is 0 Å². The van der Waals surface area contributed by atoms with Gasteiger partial charge in [-0.25, -0.2) is 14.1 Å². The van der Waals surface area contributed by atoms with E-state index in [4.69, 9.17) is 0 Å². The summed E-state index contributed by atoms with van der Waals surface area (Å²) >= 11 is 0. The highest BCUT2D eigenvalue weighted by Crippen LogP contribution is 2.30. The summed E-state index contributed by atoms with van der Waals surface area (Å²) in [6.07, 6.45) is 4.50. The lowest BCUT2D eigenvalue weighted by atomic mass is 9.86. The van der Waals surface area contributed by atoms with E-state index in [1.165, 1.54) is 27.2 Å². The zero-order chi connectivity index (χ0) is 31.3. The van der Waals surface area contributed by atoms with Gasteiger partial charge in [0, 0.05) is 30.7 Å². The molecule has 0 amide bonds. The predicted octanol–water partition coefficient (Wildman–Crippen LogP) is 5.45. The molecule has 0 spiro atoms. The third-order valence-corrected chi connectivity index (χ3v) is 8.49. The van der Waals surface area contributed by atoms with Crippen molar-refractivity contribution in [2.45, 2.75) is 45.4 Å². The van der Waals surface area contributed by atoms with Gasteiger partial charge in [-0.1, -0.05) is 39.0 Å². The van der Waals surface area contributed by atoms with Crippen molar-refractivity contribution in [2.24, 2.45) is 7.05 Å². The summed E-state index contributed by atoms with van der Waals surface area (Å²) in [5.41, 5.74) is 3.58. The number of halogens is 1. The van der Waals surface area contributed by atoms with Crippen LogP contribution in [0.3, 0.4) is 0 Å². The van der Waals surface area contributed by atoms with E-state index in [0.717, 1.165) is 25.1 Å². The highest BCUT2D eigenvalue weighted by Gasteiger charge is 2.22. The second kappa shape index (κ2) is 11.1. The number of hydrogen-bond donors (Lipinski definition) is 1. The molecule has 0 bridgehead atoms. The van der Waals surface area contributed by atoms with Gasteiger partial charge in [-0.05, 0) is 85.3 Å². The summed E-state index contributed by atoms with van der Waals surface area (Å²) in [7, 11) is 3.71. The van der Waals surface area contributed by atoms with Crippen LogP contribution in [0.1, 0.15) is 49.8 Å². The highest BCUT2D eigenvalue weighted by molar-refractivity contribution is 5.83. The van der Waals surface area contributed by atoms with Gasteiger partial charge in [0.05, 0.1) is 23.0 Å². The minimum atomic E-state index is -0.574. The van der Waals surface area contributed by atoms with Crippen molar-refractivity contribution in [1.29, 1.82) is 0 Å². The molecule has 3 aromatic heterocycles. The van der Waals surface area contributed by atoms with Crippen LogP contribution in [0.25, 0.3) is 27.7 Å². The van der Waals surface area contributed by atoms with E-state index in [0.29, 0.717) is 45.3 Å². The van der Waals surface area contributed by atoms with Crippen LogP contribution in [0.2, 0.25) is 0 Å². The second-order valence-corrected chi connectivity index (χ2v) is 12.7. The molecule has 5 aromatic rings. The van der Waals surface area contributed by atoms with Gasteiger partial charge < -0.3 is 10.2 Å². The molecule has 0 aliphatic carbocycles. The van der Waals surface area contributed by atoms with Crippen molar-refractivity contribution < 1.29 is 4.39 Å². The molecule has 9 nitrogen and oxygen atoms in total. The largest absolute Gasteiger partial charge is 0.336 e. The first kappa shape index (κ1) is 29.4. The number of hydrogen-bond acceptors (Lipinski definition) is 7. The molecule has 44 heavy (non-hydrogen) atoms. The van der Waals surface area contributed by atoms with Crippen molar-refractivity contribution >= 4 is 22.3 Å². The molecule has 4 heterocycles. The summed E-state index contributed by atoms with van der Waals surface area (Å²) in [5, 5.41) is 12.5. The molecular formula is C34H36FN7O2. The molecule has 1 N–H and O–H groups in total. The van der Waals surface area contributed by atoms with E-state index in [1.807, 2.05) is 52.1 Å². The minimum absolute atomic E-state index is 0.0111. The van der Waals surface area contributed by atoms with Crippen LogP contribution >= 0.6 is 0 Å². The molecule has 1 atom stereocenters. The van der Waals surface area contributed by atoms with Crippen LogP contribution in [0.4, 0.5) is 15.9 Å². The number of nitrogens with one attached hydrogen (secondary N) is 1. The zero-order valence-corrected chi connectivity index (χ0v) is 25.8. The molecule has 10 heteroatoms. The Balaban J connectivity index is 1.36. The van der Waals surface area contributed by atoms with Gasteiger partial charge >= 0.3 is 0 Å². The average Bonchev–Trinajstić information content (AvgIpc) is 3.42. The Morgan fingerprint density at radius 2 is 1.80 bits per heavy atom. The summed E-state index contributed by atoms with van der Waals surface area (Å²) in [4.78, 5) is 33.5. The highest BCUT2D eigenvalue weighted by atomic mass is 19.1. The Bertz CT molecular complexity index is 2010. The molecule has 226 valence electrons. The Morgan fingerprint density at radius 3 is 2.48 bits per heavy atom. The molecule has 0 saturated carbocycles. The quantitative estimate of drug-likeness (QED) is 0.290. The first-order valence-corrected chi connectivity index (χ1v) is 14.7. The number of fused-ring (bicyclic) bond motifs is 1. The smallest absolute Gasteiger partial charge is 0.290 e. The van der Waals surface area contributed by atoms with Crippen molar-refractivity contribution in [1.82, 2.24) is 29.4 Å². The van der Waals surface area contributed by atoms with Gasteiger partial charge in [-0.2, -0.15) is 14.9 Å². The van der Waals surface area contributed by atoms with Crippen LogP contribution < -0.4 is 16.4 Å². The minimum Gasteiger partial charge on any atom is -0.336 e.